The van der Waals surface area contributed by atoms with Gasteiger partial charge in [-0.3, -0.25) is 0 Å². The Morgan fingerprint density at radius 2 is 2.20 bits per heavy atom. The van der Waals surface area contributed by atoms with Gasteiger partial charge in [0.25, 0.3) is 0 Å². The molecule has 2 heteroatoms. The monoisotopic (exact) mass is 138 g/mol. The van der Waals surface area contributed by atoms with Crippen molar-refractivity contribution in [3.05, 3.63) is 36.5 Å². The first-order valence-corrected chi connectivity index (χ1v) is 3.12. The van der Waals surface area contributed by atoms with Gasteiger partial charge in [-0.05, 0) is 5.57 Å². The maximum absolute atomic E-state index is 9.20. The van der Waals surface area contributed by atoms with Gasteiger partial charge in [-0.15, -0.1) is 0 Å². The van der Waals surface area contributed by atoms with Crippen molar-refractivity contribution in [2.24, 2.45) is 0 Å². The molecule has 0 spiro atoms. The van der Waals surface area contributed by atoms with Crippen LogP contribution in [0.3, 0.4) is 0 Å². The second-order valence-corrected chi connectivity index (χ2v) is 2.19. The van der Waals surface area contributed by atoms with Crippen LogP contribution >= 0.6 is 0 Å². The highest BCUT2D eigenvalue weighted by atomic mass is 16.3. The van der Waals surface area contributed by atoms with Gasteiger partial charge in [0.05, 0.1) is 0 Å². The van der Waals surface area contributed by atoms with E-state index in [2.05, 4.69) is 6.58 Å². The van der Waals surface area contributed by atoms with Crippen LogP contribution in [0.4, 0.5) is 0 Å². The van der Waals surface area contributed by atoms with E-state index in [0.717, 1.165) is 0 Å². The predicted molar refractivity (Wildman–Crippen MR) is 39.4 cm³/mol. The minimum atomic E-state index is -0.803. The molecule has 0 bridgehead atoms. The first kappa shape index (κ1) is 7.25. The largest absolute Gasteiger partial charge is 0.386 e. The van der Waals surface area contributed by atoms with Gasteiger partial charge in [0, 0.05) is 0 Å². The van der Waals surface area contributed by atoms with Gasteiger partial charge in [-0.1, -0.05) is 30.9 Å². The third-order valence-corrected chi connectivity index (χ3v) is 1.50. The quantitative estimate of drug-likeness (QED) is 0.550. The molecule has 0 aliphatic heterocycles. The van der Waals surface area contributed by atoms with E-state index in [1.807, 2.05) is 0 Å². The highest BCUT2D eigenvalue weighted by Crippen LogP contribution is 2.13. The van der Waals surface area contributed by atoms with Crippen molar-refractivity contribution in [2.45, 2.75) is 12.2 Å². The van der Waals surface area contributed by atoms with Crippen LogP contribution in [0.25, 0.3) is 0 Å². The van der Waals surface area contributed by atoms with E-state index in [9.17, 15) is 5.11 Å². The summed E-state index contributed by atoms with van der Waals surface area (Å²) in [4.78, 5) is 0. The lowest BCUT2D eigenvalue weighted by Crippen LogP contribution is -2.26. The van der Waals surface area contributed by atoms with Crippen molar-refractivity contribution in [2.75, 3.05) is 0 Å². The molecule has 0 aromatic carbocycles. The molecule has 1 aliphatic rings. The van der Waals surface area contributed by atoms with Crippen molar-refractivity contribution in [3.63, 3.8) is 0 Å². The lowest BCUT2D eigenvalue weighted by Gasteiger charge is -2.18. The Labute approximate surface area is 59.8 Å². The molecule has 2 N–H and O–H groups in total. The molecule has 0 saturated carbocycles. The van der Waals surface area contributed by atoms with Gasteiger partial charge in [0.2, 0.25) is 0 Å². The molecule has 0 saturated heterocycles. The van der Waals surface area contributed by atoms with E-state index in [1.54, 1.807) is 12.2 Å². The number of hydrogen-bond acceptors (Lipinski definition) is 2. The molecule has 10 heavy (non-hydrogen) atoms. The Balaban J connectivity index is 2.81. The minimum absolute atomic E-state index is 0.662. The maximum atomic E-state index is 9.20. The molecule has 0 aromatic heterocycles. The predicted octanol–water partition coefficient (Wildman–Crippen LogP) is 0.390. The zero-order valence-electron chi connectivity index (χ0n) is 5.57. The molecule has 2 nitrogen and oxygen atoms in total. The first-order chi connectivity index (χ1) is 4.75. The van der Waals surface area contributed by atoms with E-state index in [4.69, 9.17) is 5.11 Å². The molecule has 0 fully saturated rings. The molecule has 0 radical (unpaired) electrons. The lowest BCUT2D eigenvalue weighted by atomic mass is 10.00. The summed E-state index contributed by atoms with van der Waals surface area (Å²) >= 11 is 0. The fourth-order valence-electron chi connectivity index (χ4n) is 0.870. The first-order valence-electron chi connectivity index (χ1n) is 3.12. The molecule has 1 aliphatic carbocycles. The smallest absolute Gasteiger partial charge is 0.108 e. The zero-order valence-corrected chi connectivity index (χ0v) is 5.57. The highest BCUT2D eigenvalue weighted by Gasteiger charge is 2.17. The maximum Gasteiger partial charge on any atom is 0.108 e. The number of hydrogen-bond donors (Lipinski definition) is 2. The molecule has 0 aromatic rings. The summed E-state index contributed by atoms with van der Waals surface area (Å²) < 4.78 is 0. The van der Waals surface area contributed by atoms with Crippen molar-refractivity contribution in [1.82, 2.24) is 0 Å². The Kier molecular flexibility index (Phi) is 2.04. The fourth-order valence-corrected chi connectivity index (χ4v) is 0.870. The van der Waals surface area contributed by atoms with Crippen LogP contribution in [0.2, 0.25) is 0 Å². The summed E-state index contributed by atoms with van der Waals surface area (Å²) in [7, 11) is 0. The third-order valence-electron chi connectivity index (χ3n) is 1.50. The topological polar surface area (TPSA) is 40.5 Å². The highest BCUT2D eigenvalue weighted by molar-refractivity contribution is 5.32. The van der Waals surface area contributed by atoms with E-state index < -0.39 is 12.2 Å². The number of allylic oxidation sites excluding steroid dienone is 2. The summed E-state index contributed by atoms with van der Waals surface area (Å²) in [6, 6.07) is 0. The SMILES string of the molecule is C=CC1=CC=C[C@@H](O)[C@H]1O. The molecular formula is C8H10O2. The van der Waals surface area contributed by atoms with E-state index in [-0.39, 0.29) is 0 Å². The molecule has 54 valence electrons. The van der Waals surface area contributed by atoms with Gasteiger partial charge in [-0.25, -0.2) is 0 Å². The summed E-state index contributed by atoms with van der Waals surface area (Å²) in [5.41, 5.74) is 0.662. The average Bonchev–Trinajstić information content (AvgIpc) is 1.95. The summed E-state index contributed by atoms with van der Waals surface area (Å²) in [5.74, 6) is 0. The number of aliphatic hydroxyl groups is 2. The number of aliphatic hydroxyl groups excluding tert-OH is 2. The summed E-state index contributed by atoms with van der Waals surface area (Å²) in [6.45, 7) is 3.50. The molecule has 2 atom stereocenters. The average molecular weight is 138 g/mol. The van der Waals surface area contributed by atoms with Crippen molar-refractivity contribution in [3.8, 4) is 0 Å². The minimum Gasteiger partial charge on any atom is -0.386 e. The Bertz CT molecular complexity index is 191. The van der Waals surface area contributed by atoms with Crippen molar-refractivity contribution < 1.29 is 10.2 Å². The number of rotatable bonds is 1. The van der Waals surface area contributed by atoms with Crippen LogP contribution in [0.1, 0.15) is 0 Å². The van der Waals surface area contributed by atoms with Crippen LogP contribution in [0, 0.1) is 0 Å². The van der Waals surface area contributed by atoms with Gasteiger partial charge < -0.3 is 10.2 Å². The van der Waals surface area contributed by atoms with E-state index in [1.165, 1.54) is 12.2 Å². The third kappa shape index (κ3) is 1.17. The zero-order chi connectivity index (χ0) is 7.56. The fraction of sp³-hybridized carbons (Fsp3) is 0.250. The normalized spacial score (nSPS) is 31.6. The molecule has 1 rings (SSSR count). The van der Waals surface area contributed by atoms with Gasteiger partial charge in [0.15, 0.2) is 0 Å². The Morgan fingerprint density at radius 1 is 1.50 bits per heavy atom. The van der Waals surface area contributed by atoms with Crippen LogP contribution in [0.5, 0.6) is 0 Å². The summed E-state index contributed by atoms with van der Waals surface area (Å²) in [5, 5.41) is 18.3. The van der Waals surface area contributed by atoms with Crippen molar-refractivity contribution >= 4 is 0 Å². The second-order valence-electron chi connectivity index (χ2n) is 2.19. The van der Waals surface area contributed by atoms with Crippen molar-refractivity contribution in [1.29, 1.82) is 0 Å². The van der Waals surface area contributed by atoms with Gasteiger partial charge >= 0.3 is 0 Å². The lowest BCUT2D eigenvalue weighted by molar-refractivity contribution is 0.0738. The standard InChI is InChI=1S/C8H10O2/c1-2-6-4-3-5-7(9)8(6)10/h2-5,7-10H,1H2/t7-,8+/m1/s1. The Morgan fingerprint density at radius 3 is 2.70 bits per heavy atom. The van der Waals surface area contributed by atoms with Gasteiger partial charge in [-0.2, -0.15) is 0 Å². The van der Waals surface area contributed by atoms with Gasteiger partial charge in [0.1, 0.15) is 12.2 Å². The second kappa shape index (κ2) is 2.82. The Hall–Kier alpha value is -0.860. The van der Waals surface area contributed by atoms with E-state index >= 15 is 0 Å². The van der Waals surface area contributed by atoms with Crippen LogP contribution in [-0.2, 0) is 0 Å². The van der Waals surface area contributed by atoms with Crippen LogP contribution < -0.4 is 0 Å². The van der Waals surface area contributed by atoms with Crippen LogP contribution in [-0.4, -0.2) is 22.4 Å². The van der Waals surface area contributed by atoms with Crippen LogP contribution in [0.15, 0.2) is 36.5 Å². The van der Waals surface area contributed by atoms with E-state index in [0.29, 0.717) is 5.57 Å². The molecular weight excluding hydrogens is 128 g/mol. The molecule has 0 unspecified atom stereocenters. The summed E-state index contributed by atoms with van der Waals surface area (Å²) in [6.07, 6.45) is 4.92. The molecule has 0 heterocycles. The molecule has 0 amide bonds.